The molecule has 2 heterocycles. The normalized spacial score (nSPS) is 14.7. The number of benzene rings is 2. The molecule has 3 aromatic rings. The lowest BCUT2D eigenvalue weighted by molar-refractivity contribution is -0.123. The molecule has 1 fully saturated rings. The Kier molecular flexibility index (Phi) is 6.40. The summed E-state index contributed by atoms with van der Waals surface area (Å²) >= 11 is 6.37. The number of hydrazine groups is 1. The van der Waals surface area contributed by atoms with Crippen LogP contribution in [0.3, 0.4) is 0 Å². The predicted molar refractivity (Wildman–Crippen MR) is 124 cm³/mol. The molecule has 1 N–H and O–H groups in total. The van der Waals surface area contributed by atoms with Crippen LogP contribution < -0.4 is 10.2 Å². The minimum Gasteiger partial charge on any atom is -0.489 e. The van der Waals surface area contributed by atoms with Gasteiger partial charge in [-0.15, -0.1) is 0 Å². The molecule has 0 saturated carbocycles. The highest BCUT2D eigenvalue weighted by molar-refractivity contribution is 8.26. The number of carbonyl (C=O) groups is 2. The van der Waals surface area contributed by atoms with E-state index in [0.717, 1.165) is 22.3 Å². The summed E-state index contributed by atoms with van der Waals surface area (Å²) < 4.78 is 5.98. The van der Waals surface area contributed by atoms with E-state index < -0.39 is 11.8 Å². The van der Waals surface area contributed by atoms with Crippen molar-refractivity contribution in [3.63, 3.8) is 0 Å². The number of carbonyl (C=O) groups excluding carboxylic acids is 2. The Hall–Kier alpha value is -3.49. The lowest BCUT2D eigenvalue weighted by Crippen LogP contribution is -2.44. The number of amides is 2. The van der Waals surface area contributed by atoms with Crippen LogP contribution in [0.15, 0.2) is 83.9 Å². The number of hydrogen-bond donors (Lipinski definition) is 1. The number of thioether (sulfide) groups is 1. The minimum absolute atomic E-state index is 0.253. The summed E-state index contributed by atoms with van der Waals surface area (Å²) in [4.78, 5) is 29.8. The van der Waals surface area contributed by atoms with E-state index in [1.165, 1.54) is 0 Å². The summed E-state index contributed by atoms with van der Waals surface area (Å²) in [6.45, 7) is 0.436. The second-order valence-electron chi connectivity index (χ2n) is 6.51. The molecule has 2 aromatic carbocycles. The molecule has 0 radical (unpaired) electrons. The van der Waals surface area contributed by atoms with Gasteiger partial charge in [0, 0.05) is 11.8 Å². The van der Waals surface area contributed by atoms with Crippen molar-refractivity contribution in [1.29, 1.82) is 0 Å². The summed E-state index contributed by atoms with van der Waals surface area (Å²) in [6.07, 6.45) is 3.28. The molecule has 1 aliphatic heterocycles. The Morgan fingerprint density at radius 1 is 1.06 bits per heavy atom. The van der Waals surface area contributed by atoms with E-state index in [0.29, 0.717) is 28.5 Å². The van der Waals surface area contributed by atoms with Gasteiger partial charge in [-0.05, 0) is 60.3 Å². The first-order valence-corrected chi connectivity index (χ1v) is 10.6. The van der Waals surface area contributed by atoms with E-state index in [-0.39, 0.29) is 4.32 Å². The zero-order valence-corrected chi connectivity index (χ0v) is 17.9. The van der Waals surface area contributed by atoms with Crippen molar-refractivity contribution in [2.45, 2.75) is 6.61 Å². The zero-order valence-electron chi connectivity index (χ0n) is 16.2. The average molecular weight is 448 g/mol. The Balaban J connectivity index is 1.38. The van der Waals surface area contributed by atoms with Gasteiger partial charge in [-0.3, -0.25) is 20.0 Å². The molecule has 0 atom stereocenters. The lowest BCUT2D eigenvalue weighted by atomic mass is 10.2. The molecular weight excluding hydrogens is 430 g/mol. The SMILES string of the molecule is O=C(NN1C(=O)/C(=C\c2ccccn2)SC1=S)c1ccc(OCc2ccccc2)cc1. The summed E-state index contributed by atoms with van der Waals surface area (Å²) in [7, 11) is 0. The summed E-state index contributed by atoms with van der Waals surface area (Å²) in [5.41, 5.74) is 4.65. The average Bonchev–Trinajstić information content (AvgIpc) is 3.06. The van der Waals surface area contributed by atoms with Gasteiger partial charge < -0.3 is 4.74 Å². The second-order valence-corrected chi connectivity index (χ2v) is 8.19. The van der Waals surface area contributed by atoms with Crippen molar-refractivity contribution in [3.8, 4) is 5.75 Å². The second kappa shape index (κ2) is 9.55. The minimum atomic E-state index is -0.440. The monoisotopic (exact) mass is 447 g/mol. The fraction of sp³-hybridized carbons (Fsp3) is 0.0435. The van der Waals surface area contributed by atoms with Gasteiger partial charge in [-0.2, -0.15) is 5.01 Å². The number of nitrogens with one attached hydrogen (secondary N) is 1. The number of rotatable bonds is 6. The predicted octanol–water partition coefficient (Wildman–Crippen LogP) is 4.21. The number of pyridine rings is 1. The molecule has 2 amide bonds. The summed E-state index contributed by atoms with van der Waals surface area (Å²) in [6, 6.07) is 21.9. The van der Waals surface area contributed by atoms with Crippen molar-refractivity contribution in [3.05, 3.63) is 101 Å². The molecule has 0 aliphatic carbocycles. The van der Waals surface area contributed by atoms with Crippen LogP contribution in [0.5, 0.6) is 5.75 Å². The first kappa shape index (κ1) is 20.8. The zero-order chi connectivity index (χ0) is 21.6. The molecular formula is C23H17N3O3S2. The van der Waals surface area contributed by atoms with Gasteiger partial charge in [0.1, 0.15) is 12.4 Å². The fourth-order valence-electron chi connectivity index (χ4n) is 2.77. The van der Waals surface area contributed by atoms with Gasteiger partial charge in [0.15, 0.2) is 4.32 Å². The maximum absolute atomic E-state index is 12.6. The molecule has 1 aliphatic rings. The van der Waals surface area contributed by atoms with Crippen LogP contribution >= 0.6 is 24.0 Å². The van der Waals surface area contributed by atoms with E-state index in [2.05, 4.69) is 10.4 Å². The van der Waals surface area contributed by atoms with Crippen LogP contribution in [0.25, 0.3) is 6.08 Å². The molecule has 31 heavy (non-hydrogen) atoms. The number of thiocarbonyl (C=S) groups is 1. The van der Waals surface area contributed by atoms with Crippen LogP contribution in [0.2, 0.25) is 0 Å². The molecule has 4 rings (SSSR count). The van der Waals surface area contributed by atoms with Crippen LogP contribution in [-0.2, 0) is 11.4 Å². The van der Waals surface area contributed by atoms with E-state index >= 15 is 0 Å². The first-order valence-electron chi connectivity index (χ1n) is 9.37. The largest absolute Gasteiger partial charge is 0.489 e. The molecule has 8 heteroatoms. The van der Waals surface area contributed by atoms with E-state index in [4.69, 9.17) is 17.0 Å². The standard InChI is InChI=1S/C23H17N3O3S2/c27-21(17-9-11-19(12-10-17)29-15-16-6-2-1-3-7-16)25-26-22(28)20(31-23(26)30)14-18-8-4-5-13-24-18/h1-14H,15H2,(H,25,27)/b20-14+. The third-order valence-electron chi connectivity index (χ3n) is 4.34. The van der Waals surface area contributed by atoms with Crippen molar-refractivity contribution in [1.82, 2.24) is 15.4 Å². The Morgan fingerprint density at radius 2 is 1.81 bits per heavy atom. The summed E-state index contributed by atoms with van der Waals surface area (Å²) in [5.74, 6) is -0.189. The van der Waals surface area contributed by atoms with Gasteiger partial charge in [-0.1, -0.05) is 48.2 Å². The van der Waals surface area contributed by atoms with Crippen LogP contribution in [-0.4, -0.2) is 26.1 Å². The Morgan fingerprint density at radius 3 is 2.52 bits per heavy atom. The first-order chi connectivity index (χ1) is 15.1. The highest BCUT2D eigenvalue weighted by Crippen LogP contribution is 2.31. The third-order valence-corrected chi connectivity index (χ3v) is 5.64. The van der Waals surface area contributed by atoms with Crippen molar-refractivity contribution in [2.75, 3.05) is 0 Å². The molecule has 1 saturated heterocycles. The van der Waals surface area contributed by atoms with E-state index in [1.807, 2.05) is 36.4 Å². The molecule has 1 aromatic heterocycles. The van der Waals surface area contributed by atoms with Crippen LogP contribution in [0.1, 0.15) is 21.6 Å². The van der Waals surface area contributed by atoms with E-state index in [9.17, 15) is 9.59 Å². The number of nitrogens with zero attached hydrogens (tertiary/aromatic N) is 2. The quantitative estimate of drug-likeness (QED) is 0.451. The highest BCUT2D eigenvalue weighted by atomic mass is 32.2. The molecule has 6 nitrogen and oxygen atoms in total. The Labute approximate surface area is 188 Å². The van der Waals surface area contributed by atoms with E-state index in [1.54, 1.807) is 48.7 Å². The smallest absolute Gasteiger partial charge is 0.285 e. The van der Waals surface area contributed by atoms with Gasteiger partial charge in [-0.25, -0.2) is 0 Å². The van der Waals surface area contributed by atoms with Crippen molar-refractivity contribution in [2.24, 2.45) is 0 Å². The van der Waals surface area contributed by atoms with Crippen molar-refractivity contribution >= 4 is 46.2 Å². The lowest BCUT2D eigenvalue weighted by Gasteiger charge is -2.15. The topological polar surface area (TPSA) is 71.5 Å². The van der Waals surface area contributed by atoms with Gasteiger partial charge in [0.05, 0.1) is 10.6 Å². The van der Waals surface area contributed by atoms with Gasteiger partial charge in [0.25, 0.3) is 11.8 Å². The number of hydrogen-bond acceptors (Lipinski definition) is 6. The highest BCUT2D eigenvalue weighted by Gasteiger charge is 2.33. The number of aromatic nitrogens is 1. The van der Waals surface area contributed by atoms with Gasteiger partial charge in [0.2, 0.25) is 0 Å². The van der Waals surface area contributed by atoms with Gasteiger partial charge >= 0.3 is 0 Å². The Bertz CT molecular complexity index is 1130. The molecule has 0 spiro atoms. The maximum Gasteiger partial charge on any atom is 0.285 e. The van der Waals surface area contributed by atoms with Crippen LogP contribution in [0.4, 0.5) is 0 Å². The third kappa shape index (κ3) is 5.17. The fourth-order valence-corrected chi connectivity index (χ4v) is 3.93. The molecule has 0 bridgehead atoms. The molecule has 154 valence electrons. The number of ether oxygens (including phenoxy) is 1. The van der Waals surface area contributed by atoms with Crippen LogP contribution in [0, 0.1) is 0 Å². The maximum atomic E-state index is 12.6. The van der Waals surface area contributed by atoms with Crippen molar-refractivity contribution < 1.29 is 14.3 Å². The summed E-state index contributed by atoms with van der Waals surface area (Å²) in [5, 5.41) is 1.08. The molecule has 0 unspecified atom stereocenters.